The lowest BCUT2D eigenvalue weighted by atomic mass is 9.94. The summed E-state index contributed by atoms with van der Waals surface area (Å²) < 4.78 is 6.52. The number of hydrogen-bond acceptors (Lipinski definition) is 2. The van der Waals surface area contributed by atoms with E-state index in [-0.39, 0.29) is 5.78 Å². The highest BCUT2D eigenvalue weighted by atomic mass is 127. The SMILES string of the molecule is COCc1cc(C(=O)CC(C)C)ccc1-c1ccc(I)cc1. The molecule has 0 aliphatic heterocycles. The molecule has 22 heavy (non-hydrogen) atoms. The molecule has 2 aromatic carbocycles. The summed E-state index contributed by atoms with van der Waals surface area (Å²) in [5.74, 6) is 0.566. The van der Waals surface area contributed by atoms with E-state index in [1.165, 1.54) is 3.57 Å². The molecule has 0 aliphatic carbocycles. The molecule has 0 heterocycles. The van der Waals surface area contributed by atoms with Crippen LogP contribution in [0, 0.1) is 9.49 Å². The second kappa shape index (κ2) is 7.88. The van der Waals surface area contributed by atoms with Gasteiger partial charge in [0.2, 0.25) is 0 Å². The number of Topliss-reactive ketones (excluding diaryl/α,β-unsaturated/α-hetero) is 1. The Morgan fingerprint density at radius 1 is 1.14 bits per heavy atom. The maximum absolute atomic E-state index is 12.3. The molecule has 0 aliphatic rings. The van der Waals surface area contributed by atoms with E-state index in [0.717, 1.165) is 22.3 Å². The molecule has 2 aromatic rings. The van der Waals surface area contributed by atoms with Crippen LogP contribution < -0.4 is 0 Å². The lowest BCUT2D eigenvalue weighted by Gasteiger charge is -2.12. The second-order valence-electron chi connectivity index (χ2n) is 5.83. The highest BCUT2D eigenvalue weighted by molar-refractivity contribution is 14.1. The number of carbonyl (C=O) groups excluding carboxylic acids is 1. The molecular formula is C19H21IO2. The molecule has 0 fully saturated rings. The summed E-state index contributed by atoms with van der Waals surface area (Å²) in [6, 6.07) is 14.3. The Labute approximate surface area is 146 Å². The van der Waals surface area contributed by atoms with Crippen molar-refractivity contribution in [2.75, 3.05) is 7.11 Å². The zero-order valence-corrected chi connectivity index (χ0v) is 15.4. The third kappa shape index (κ3) is 4.40. The van der Waals surface area contributed by atoms with Crippen molar-refractivity contribution >= 4 is 28.4 Å². The van der Waals surface area contributed by atoms with Crippen LogP contribution in [0.2, 0.25) is 0 Å². The second-order valence-corrected chi connectivity index (χ2v) is 7.08. The van der Waals surface area contributed by atoms with Crippen LogP contribution in [0.25, 0.3) is 11.1 Å². The van der Waals surface area contributed by atoms with Crippen molar-refractivity contribution in [2.45, 2.75) is 26.9 Å². The summed E-state index contributed by atoms with van der Waals surface area (Å²) in [4.78, 5) is 12.3. The van der Waals surface area contributed by atoms with E-state index in [0.29, 0.717) is 18.9 Å². The van der Waals surface area contributed by atoms with Crippen molar-refractivity contribution in [3.8, 4) is 11.1 Å². The van der Waals surface area contributed by atoms with Gasteiger partial charge in [0.15, 0.2) is 5.78 Å². The van der Waals surface area contributed by atoms with E-state index in [2.05, 4.69) is 60.7 Å². The molecule has 0 radical (unpaired) electrons. The fraction of sp³-hybridized carbons (Fsp3) is 0.316. The quantitative estimate of drug-likeness (QED) is 0.477. The summed E-state index contributed by atoms with van der Waals surface area (Å²) in [6.45, 7) is 4.63. The van der Waals surface area contributed by atoms with E-state index in [1.807, 2.05) is 18.2 Å². The fourth-order valence-corrected chi connectivity index (χ4v) is 2.80. The van der Waals surface area contributed by atoms with Crippen molar-refractivity contribution in [2.24, 2.45) is 5.92 Å². The van der Waals surface area contributed by atoms with Gasteiger partial charge in [0, 0.05) is 22.7 Å². The van der Waals surface area contributed by atoms with Crippen LogP contribution in [0.15, 0.2) is 42.5 Å². The summed E-state index contributed by atoms with van der Waals surface area (Å²) in [7, 11) is 1.68. The van der Waals surface area contributed by atoms with Crippen LogP contribution in [0.4, 0.5) is 0 Å². The molecule has 0 unspecified atom stereocenters. The number of ketones is 1. The maximum atomic E-state index is 12.3. The van der Waals surface area contributed by atoms with E-state index < -0.39 is 0 Å². The number of hydrogen-bond donors (Lipinski definition) is 0. The van der Waals surface area contributed by atoms with Gasteiger partial charge in [0.05, 0.1) is 6.61 Å². The van der Waals surface area contributed by atoms with E-state index in [1.54, 1.807) is 7.11 Å². The Balaban J connectivity index is 2.39. The van der Waals surface area contributed by atoms with Crippen LogP contribution in [-0.2, 0) is 11.3 Å². The van der Waals surface area contributed by atoms with Crippen molar-refractivity contribution in [3.05, 3.63) is 57.2 Å². The first-order valence-corrected chi connectivity index (χ1v) is 8.50. The summed E-state index contributed by atoms with van der Waals surface area (Å²) in [5, 5.41) is 0. The van der Waals surface area contributed by atoms with Gasteiger partial charge in [0.1, 0.15) is 0 Å². The average molecular weight is 408 g/mol. The Morgan fingerprint density at radius 2 is 1.82 bits per heavy atom. The van der Waals surface area contributed by atoms with Gasteiger partial charge in [-0.1, -0.05) is 38.1 Å². The maximum Gasteiger partial charge on any atom is 0.163 e. The number of ether oxygens (including phenoxy) is 1. The molecule has 2 rings (SSSR count). The highest BCUT2D eigenvalue weighted by Gasteiger charge is 2.12. The largest absolute Gasteiger partial charge is 0.380 e. The molecule has 3 heteroatoms. The molecule has 0 bridgehead atoms. The molecule has 0 saturated heterocycles. The third-order valence-electron chi connectivity index (χ3n) is 3.48. The van der Waals surface area contributed by atoms with Crippen molar-refractivity contribution in [1.82, 2.24) is 0 Å². The lowest BCUT2D eigenvalue weighted by Crippen LogP contribution is -2.05. The molecule has 0 saturated carbocycles. The number of methoxy groups -OCH3 is 1. The van der Waals surface area contributed by atoms with Gasteiger partial charge in [-0.25, -0.2) is 0 Å². The van der Waals surface area contributed by atoms with Gasteiger partial charge in [0.25, 0.3) is 0 Å². The summed E-state index contributed by atoms with van der Waals surface area (Å²) >= 11 is 2.30. The minimum Gasteiger partial charge on any atom is -0.380 e. The van der Waals surface area contributed by atoms with Crippen LogP contribution >= 0.6 is 22.6 Å². The monoisotopic (exact) mass is 408 g/mol. The molecule has 0 aromatic heterocycles. The van der Waals surface area contributed by atoms with Crippen LogP contribution in [0.1, 0.15) is 36.2 Å². The number of rotatable bonds is 6. The van der Waals surface area contributed by atoms with Gasteiger partial charge in [-0.05, 0) is 63.4 Å². The number of halogens is 1. The first-order chi connectivity index (χ1) is 10.5. The van der Waals surface area contributed by atoms with Crippen molar-refractivity contribution < 1.29 is 9.53 Å². The van der Waals surface area contributed by atoms with Crippen molar-refractivity contribution in [1.29, 1.82) is 0 Å². The van der Waals surface area contributed by atoms with Crippen LogP contribution in [0.5, 0.6) is 0 Å². The Morgan fingerprint density at radius 3 is 2.41 bits per heavy atom. The number of carbonyl (C=O) groups is 1. The standard InChI is InChI=1S/C19H21IO2/c1-13(2)10-19(21)15-6-9-18(16(11-15)12-22-3)14-4-7-17(20)8-5-14/h4-9,11,13H,10,12H2,1-3H3. The first-order valence-electron chi connectivity index (χ1n) is 7.42. The molecule has 116 valence electrons. The van der Waals surface area contributed by atoms with Gasteiger partial charge in [-0.3, -0.25) is 4.79 Å². The Hall–Kier alpha value is -1.20. The minimum absolute atomic E-state index is 0.196. The summed E-state index contributed by atoms with van der Waals surface area (Å²) in [5.41, 5.74) is 4.10. The predicted molar refractivity (Wildman–Crippen MR) is 99.1 cm³/mol. The van der Waals surface area contributed by atoms with Crippen LogP contribution in [0.3, 0.4) is 0 Å². The molecule has 0 spiro atoms. The predicted octanol–water partition coefficient (Wildman–Crippen LogP) is 5.33. The van der Waals surface area contributed by atoms with Gasteiger partial charge in [-0.2, -0.15) is 0 Å². The molecule has 2 nitrogen and oxygen atoms in total. The minimum atomic E-state index is 0.196. The lowest BCUT2D eigenvalue weighted by molar-refractivity contribution is 0.0967. The average Bonchev–Trinajstić information content (AvgIpc) is 2.48. The first kappa shape index (κ1) is 17.2. The molecule has 0 N–H and O–H groups in total. The zero-order chi connectivity index (χ0) is 16.1. The van der Waals surface area contributed by atoms with E-state index in [4.69, 9.17) is 4.74 Å². The fourth-order valence-electron chi connectivity index (χ4n) is 2.44. The number of benzene rings is 2. The van der Waals surface area contributed by atoms with Crippen molar-refractivity contribution in [3.63, 3.8) is 0 Å². The molecule has 0 atom stereocenters. The van der Waals surface area contributed by atoms with Gasteiger partial charge in [-0.15, -0.1) is 0 Å². The van der Waals surface area contributed by atoms with E-state index in [9.17, 15) is 4.79 Å². The normalized spacial score (nSPS) is 11.0. The van der Waals surface area contributed by atoms with E-state index >= 15 is 0 Å². The smallest absolute Gasteiger partial charge is 0.163 e. The van der Waals surface area contributed by atoms with Gasteiger partial charge >= 0.3 is 0 Å². The third-order valence-corrected chi connectivity index (χ3v) is 4.20. The Kier molecular flexibility index (Phi) is 6.15. The Bertz CT molecular complexity index is 645. The molecule has 0 amide bonds. The zero-order valence-electron chi connectivity index (χ0n) is 13.2. The van der Waals surface area contributed by atoms with Gasteiger partial charge < -0.3 is 4.74 Å². The molecular weight excluding hydrogens is 387 g/mol. The topological polar surface area (TPSA) is 26.3 Å². The highest BCUT2D eigenvalue weighted by Crippen LogP contribution is 2.27. The summed E-state index contributed by atoms with van der Waals surface area (Å²) in [6.07, 6.45) is 0.579. The van der Waals surface area contributed by atoms with Crippen LogP contribution in [-0.4, -0.2) is 12.9 Å².